The lowest BCUT2D eigenvalue weighted by molar-refractivity contribution is -0.302. The number of carbonyl (C=O) groups is 4. The predicted octanol–water partition coefficient (Wildman–Crippen LogP) is 7.60. The van der Waals surface area contributed by atoms with E-state index in [0.29, 0.717) is 70.6 Å². The molecule has 360 valence electrons. The zero-order chi connectivity index (χ0) is 47.2. The molecular weight excluding hydrogens is 829 g/mol. The fourth-order valence-electron chi connectivity index (χ4n) is 11.3. The SMILES string of the molecule is CCC1C=C(C)CC(C)CC(OC)C2OC(O)(C(=O)C(=O)N3CCCCC3C(=O)OC(C(C)=CC3CCC(O)(Cc4ccc5[nH]ccc5c4)C(OC)C3)C(C)CCC1=O)C(C)CC2OC. The van der Waals surface area contributed by atoms with E-state index in [2.05, 4.69) is 30.1 Å². The first-order valence-electron chi connectivity index (χ1n) is 24.2. The van der Waals surface area contributed by atoms with Gasteiger partial charge in [-0.2, -0.15) is 0 Å². The van der Waals surface area contributed by atoms with Crippen molar-refractivity contribution in [3.05, 3.63) is 59.3 Å². The molecule has 2 saturated heterocycles. The summed E-state index contributed by atoms with van der Waals surface area (Å²) < 4.78 is 30.6. The van der Waals surface area contributed by atoms with Crippen LogP contribution in [0.15, 0.2) is 53.8 Å². The van der Waals surface area contributed by atoms with E-state index in [1.165, 1.54) is 4.90 Å². The molecule has 0 radical (unpaired) electrons. The molecule has 2 aromatic rings. The Kier molecular flexibility index (Phi) is 17.1. The molecule has 13 nitrogen and oxygen atoms in total. The van der Waals surface area contributed by atoms with E-state index in [9.17, 15) is 29.4 Å². The summed E-state index contributed by atoms with van der Waals surface area (Å²) in [7, 11) is 4.74. The minimum absolute atomic E-state index is 0.00729. The third-order valence-corrected chi connectivity index (χ3v) is 15.1. The molecule has 0 spiro atoms. The van der Waals surface area contributed by atoms with E-state index < -0.39 is 71.5 Å². The highest BCUT2D eigenvalue weighted by Gasteiger charge is 2.56. The number of methoxy groups -OCH3 is 3. The number of piperidine rings is 1. The van der Waals surface area contributed by atoms with Crippen LogP contribution >= 0.6 is 0 Å². The van der Waals surface area contributed by atoms with E-state index >= 15 is 0 Å². The summed E-state index contributed by atoms with van der Waals surface area (Å²) in [4.78, 5) is 61.7. The number of H-pyrrole nitrogens is 1. The number of hydrogen-bond donors (Lipinski definition) is 3. The number of benzene rings is 1. The first kappa shape index (κ1) is 50.7. The topological polar surface area (TPSA) is 174 Å². The van der Waals surface area contributed by atoms with Crippen molar-refractivity contribution in [1.29, 1.82) is 0 Å². The standard InChI is InChI=1S/C52H76N2O11/c1-10-38-24-31(2)23-32(3)25-43(61-7)47-44(62-8)27-35(6)52(60,65-47)48(56)49(57)54-22-12-11-13-41(54)50(58)64-46(33(4)14-17-42(38)55)34(5)26-36-18-20-51(59,45(29-36)63-9)30-37-15-16-40-39(28-37)19-21-53-40/h15-16,19,21,24,26,28,32-33,35-36,38,41,43-47,53,59-60H,10-14,17-18,20,22-23,25,27,29-30H2,1-9H3. The second-order valence-electron chi connectivity index (χ2n) is 20.1. The average molecular weight is 905 g/mol. The first-order chi connectivity index (χ1) is 30.9. The maximum Gasteiger partial charge on any atom is 0.329 e. The number of aromatic nitrogens is 1. The average Bonchev–Trinajstić information content (AvgIpc) is 3.76. The fraction of sp³-hybridized carbons (Fsp3) is 0.692. The monoisotopic (exact) mass is 905 g/mol. The summed E-state index contributed by atoms with van der Waals surface area (Å²) in [6, 6.07) is 7.12. The van der Waals surface area contributed by atoms with Gasteiger partial charge in [-0.3, -0.25) is 14.4 Å². The minimum atomic E-state index is -2.48. The maximum atomic E-state index is 14.5. The number of rotatable bonds is 8. The summed E-state index contributed by atoms with van der Waals surface area (Å²) in [6.45, 7) is 11.9. The van der Waals surface area contributed by atoms with Gasteiger partial charge in [0.15, 0.2) is 0 Å². The Balaban J connectivity index is 1.29. The molecule has 3 N–H and O–H groups in total. The molecule has 2 bridgehead atoms. The Labute approximate surface area is 386 Å². The van der Waals surface area contributed by atoms with Gasteiger partial charge in [0.05, 0.1) is 23.9 Å². The largest absolute Gasteiger partial charge is 0.456 e. The second-order valence-corrected chi connectivity index (χ2v) is 20.1. The Morgan fingerprint density at radius 1 is 0.954 bits per heavy atom. The molecule has 3 aliphatic heterocycles. The fourth-order valence-corrected chi connectivity index (χ4v) is 11.3. The van der Waals surface area contributed by atoms with Crippen LogP contribution in [0.3, 0.4) is 0 Å². The van der Waals surface area contributed by atoms with Gasteiger partial charge in [0, 0.05) is 64.3 Å². The van der Waals surface area contributed by atoms with Crippen molar-refractivity contribution in [2.75, 3.05) is 27.9 Å². The van der Waals surface area contributed by atoms with Gasteiger partial charge in [-0.05, 0) is 137 Å². The molecule has 1 aromatic carbocycles. The van der Waals surface area contributed by atoms with Crippen molar-refractivity contribution in [2.45, 2.75) is 173 Å². The van der Waals surface area contributed by atoms with E-state index in [4.69, 9.17) is 23.7 Å². The molecule has 1 saturated carbocycles. The molecule has 6 rings (SSSR count). The number of cyclic esters (lactones) is 1. The first-order valence-corrected chi connectivity index (χ1v) is 24.2. The number of esters is 1. The van der Waals surface area contributed by atoms with Gasteiger partial charge in [-0.25, -0.2) is 4.79 Å². The third kappa shape index (κ3) is 11.5. The molecule has 65 heavy (non-hydrogen) atoms. The number of ketones is 2. The molecule has 13 unspecified atom stereocenters. The number of aromatic amines is 1. The smallest absolute Gasteiger partial charge is 0.329 e. The Bertz CT molecular complexity index is 2040. The highest BCUT2D eigenvalue weighted by Crippen LogP contribution is 2.41. The highest BCUT2D eigenvalue weighted by atomic mass is 16.7. The van der Waals surface area contributed by atoms with Gasteiger partial charge in [0.2, 0.25) is 5.79 Å². The van der Waals surface area contributed by atoms with Gasteiger partial charge in [0.1, 0.15) is 24.0 Å². The van der Waals surface area contributed by atoms with Crippen LogP contribution in [0.25, 0.3) is 10.9 Å². The molecule has 1 aliphatic carbocycles. The Hall–Kier alpha value is -3.72. The van der Waals surface area contributed by atoms with Crippen LogP contribution < -0.4 is 0 Å². The zero-order valence-electron chi connectivity index (χ0n) is 40.3. The van der Waals surface area contributed by atoms with Crippen molar-refractivity contribution >= 4 is 34.3 Å². The number of ether oxygens (including phenoxy) is 5. The van der Waals surface area contributed by atoms with E-state index in [0.717, 1.165) is 27.6 Å². The number of Topliss-reactive ketones (excluding diaryl/α,β-unsaturated/α-hetero) is 2. The van der Waals surface area contributed by atoms with Crippen LogP contribution in [-0.2, 0) is 49.3 Å². The van der Waals surface area contributed by atoms with Crippen LogP contribution in [0.4, 0.5) is 0 Å². The van der Waals surface area contributed by atoms with Crippen LogP contribution in [0.1, 0.15) is 124 Å². The maximum absolute atomic E-state index is 14.5. The van der Waals surface area contributed by atoms with E-state index in [1.807, 2.05) is 52.1 Å². The predicted molar refractivity (Wildman–Crippen MR) is 248 cm³/mol. The van der Waals surface area contributed by atoms with Gasteiger partial charge < -0.3 is 43.8 Å². The molecule has 4 aliphatic rings. The van der Waals surface area contributed by atoms with Gasteiger partial charge in [-0.1, -0.05) is 51.5 Å². The number of nitrogens with zero attached hydrogens (tertiary/aromatic N) is 1. The second kappa shape index (κ2) is 21.9. The number of aliphatic hydroxyl groups is 2. The Morgan fingerprint density at radius 2 is 1.69 bits per heavy atom. The number of fused-ring (bicyclic) bond motifs is 4. The summed E-state index contributed by atoms with van der Waals surface area (Å²) in [6.07, 6.45) is 9.45. The lowest BCUT2D eigenvalue weighted by Crippen LogP contribution is -2.64. The summed E-state index contributed by atoms with van der Waals surface area (Å²) >= 11 is 0. The zero-order valence-corrected chi connectivity index (χ0v) is 40.3. The van der Waals surface area contributed by atoms with Crippen molar-refractivity contribution in [3.63, 3.8) is 0 Å². The normalized spacial score (nSPS) is 36.7. The minimum Gasteiger partial charge on any atom is -0.456 e. The molecular formula is C52H76N2O11. The molecule has 1 aromatic heterocycles. The summed E-state index contributed by atoms with van der Waals surface area (Å²) in [5.74, 6) is -6.39. The molecule has 13 heteroatoms. The van der Waals surface area contributed by atoms with Crippen molar-refractivity contribution in [3.8, 4) is 0 Å². The molecule has 13 atom stereocenters. The van der Waals surface area contributed by atoms with E-state index in [-0.39, 0.29) is 48.8 Å². The van der Waals surface area contributed by atoms with Gasteiger partial charge in [0.25, 0.3) is 11.7 Å². The van der Waals surface area contributed by atoms with Crippen molar-refractivity contribution in [2.24, 2.45) is 29.6 Å². The van der Waals surface area contributed by atoms with Crippen molar-refractivity contribution in [1.82, 2.24) is 9.88 Å². The lowest BCUT2D eigenvalue weighted by Gasteiger charge is -2.47. The van der Waals surface area contributed by atoms with Crippen LogP contribution in [-0.4, -0.2) is 119 Å². The third-order valence-electron chi connectivity index (χ3n) is 15.1. The van der Waals surface area contributed by atoms with Crippen LogP contribution in [0.5, 0.6) is 0 Å². The highest BCUT2D eigenvalue weighted by molar-refractivity contribution is 6.39. The van der Waals surface area contributed by atoms with Crippen molar-refractivity contribution < 1.29 is 53.1 Å². The summed E-state index contributed by atoms with van der Waals surface area (Å²) in [5, 5.41) is 25.3. The number of carbonyl (C=O) groups excluding carboxylic acids is 4. The number of amides is 1. The van der Waals surface area contributed by atoms with Crippen LogP contribution in [0.2, 0.25) is 0 Å². The number of hydrogen-bond acceptors (Lipinski definition) is 11. The quantitative estimate of drug-likeness (QED) is 0.135. The van der Waals surface area contributed by atoms with E-state index in [1.54, 1.807) is 28.3 Å². The van der Waals surface area contributed by atoms with Gasteiger partial charge in [-0.15, -0.1) is 0 Å². The molecule has 3 fully saturated rings. The number of nitrogens with one attached hydrogen (secondary N) is 1. The molecule has 4 heterocycles. The molecule has 1 amide bonds. The lowest BCUT2D eigenvalue weighted by atomic mass is 9.73. The Morgan fingerprint density at radius 3 is 2.40 bits per heavy atom. The number of allylic oxidation sites excluding steroid dienone is 3. The summed E-state index contributed by atoms with van der Waals surface area (Å²) in [5.41, 5.74) is 2.88. The van der Waals surface area contributed by atoms with Crippen LogP contribution in [0, 0.1) is 29.6 Å². The van der Waals surface area contributed by atoms with Gasteiger partial charge >= 0.3 is 5.97 Å².